The Bertz CT molecular complexity index is 2200. The van der Waals surface area contributed by atoms with Crippen LogP contribution in [0, 0.1) is 17.8 Å². The molecule has 0 radical (unpaired) electrons. The van der Waals surface area contributed by atoms with Crippen LogP contribution in [0.25, 0.3) is 0 Å². The molecular weight excluding hydrogens is 1120 g/mol. The average molecular weight is 1240 g/mol. The molecule has 0 amide bonds. The molecule has 0 bridgehead atoms. The number of hydrogen-bond donors (Lipinski definition) is 0. The number of allylic oxidation sites excluding steroid dienone is 1. The average Bonchev–Trinajstić information content (AvgIpc) is 4.36. The zero-order valence-corrected chi connectivity index (χ0v) is 55.8. The van der Waals surface area contributed by atoms with E-state index in [0.29, 0.717) is 121 Å². The van der Waals surface area contributed by atoms with E-state index in [0.717, 1.165) is 102 Å². The second kappa shape index (κ2) is 35.1. The second-order valence-electron chi connectivity index (χ2n) is 28.6. The Labute approximate surface area is 519 Å². The van der Waals surface area contributed by atoms with E-state index in [1.165, 1.54) is 0 Å². The van der Waals surface area contributed by atoms with E-state index in [2.05, 4.69) is 6.58 Å². The number of cyclic esters (lactones) is 1. The SMILES string of the molecule is C=CC(=O)OC(C)(C)C.CC(C)(C)OC(=O)C=C1CCC2(CC1)OCCO2.CC(C)(C)OC(=O)CC1CCC(=O)CC1.CC(C)(C)OC(=O)CC1CCC2(CC1)OCCO2.CC(C)(C)OC(=O)CC1CCOC(=O)CC1.O=C1CCC2(CC1)OCCO2. The third kappa shape index (κ3) is 34.3. The maximum absolute atomic E-state index is 11.8. The lowest BCUT2D eigenvalue weighted by Crippen LogP contribution is -2.36. The van der Waals surface area contributed by atoms with Crippen molar-refractivity contribution in [3.8, 4) is 0 Å². The first-order valence-electron chi connectivity index (χ1n) is 31.7. The van der Waals surface area contributed by atoms with E-state index >= 15 is 0 Å². The third-order valence-corrected chi connectivity index (χ3v) is 14.7. The molecule has 3 spiro atoms. The molecule has 4 heterocycles. The minimum Gasteiger partial charge on any atom is -0.466 e. The largest absolute Gasteiger partial charge is 0.466 e. The Morgan fingerprint density at radius 1 is 0.402 bits per heavy atom. The van der Waals surface area contributed by atoms with Crippen molar-refractivity contribution >= 4 is 47.4 Å². The van der Waals surface area contributed by atoms with Crippen molar-refractivity contribution in [2.24, 2.45) is 17.8 Å². The quantitative estimate of drug-likeness (QED) is 0.124. The molecule has 1 atom stereocenters. The van der Waals surface area contributed by atoms with Crippen LogP contribution in [0.15, 0.2) is 24.3 Å². The molecule has 87 heavy (non-hydrogen) atoms. The van der Waals surface area contributed by atoms with E-state index in [1.807, 2.05) is 104 Å². The van der Waals surface area contributed by atoms with Crippen molar-refractivity contribution in [2.45, 2.75) is 290 Å². The summed E-state index contributed by atoms with van der Waals surface area (Å²) in [6.07, 6.45) is 18.9. The van der Waals surface area contributed by atoms with E-state index in [-0.39, 0.29) is 64.7 Å². The van der Waals surface area contributed by atoms with Crippen molar-refractivity contribution < 1.29 is 95.2 Å². The number of rotatable bonds is 8. The van der Waals surface area contributed by atoms with Crippen LogP contribution in [0.5, 0.6) is 0 Å². The van der Waals surface area contributed by atoms with Crippen LogP contribution in [0.2, 0.25) is 0 Å². The summed E-state index contributed by atoms with van der Waals surface area (Å²) in [7, 11) is 0. The first-order valence-corrected chi connectivity index (χ1v) is 31.7. The summed E-state index contributed by atoms with van der Waals surface area (Å²) in [4.78, 5) is 89.9. The molecule has 20 heteroatoms. The van der Waals surface area contributed by atoms with Gasteiger partial charge in [0.1, 0.15) is 39.6 Å². The lowest BCUT2D eigenvalue weighted by Gasteiger charge is -2.35. The van der Waals surface area contributed by atoms with Gasteiger partial charge in [-0.15, -0.1) is 0 Å². The van der Waals surface area contributed by atoms with Gasteiger partial charge in [0.25, 0.3) is 0 Å². The van der Waals surface area contributed by atoms with E-state index in [9.17, 15) is 38.4 Å². The fourth-order valence-corrected chi connectivity index (χ4v) is 10.7. The fourth-order valence-electron chi connectivity index (χ4n) is 10.7. The summed E-state index contributed by atoms with van der Waals surface area (Å²) < 4.78 is 64.4. The van der Waals surface area contributed by atoms with Gasteiger partial charge in [-0.05, 0) is 173 Å². The van der Waals surface area contributed by atoms with Crippen LogP contribution < -0.4 is 0 Å². The van der Waals surface area contributed by atoms with Gasteiger partial charge in [-0.2, -0.15) is 0 Å². The zero-order valence-electron chi connectivity index (χ0n) is 55.8. The van der Waals surface area contributed by atoms with Crippen LogP contribution in [0.4, 0.5) is 0 Å². The topological polar surface area (TPSA) is 247 Å². The first kappa shape index (κ1) is 76.6. The summed E-state index contributed by atoms with van der Waals surface area (Å²) in [5.74, 6) is -0.618. The molecule has 4 saturated carbocycles. The summed E-state index contributed by atoms with van der Waals surface area (Å²) >= 11 is 0. The molecule has 4 aliphatic carbocycles. The standard InChI is InChI=1S/C14H24O4.C14H22O4.C12H20O4.C12H20O3.C8H12O3.C7H12O2/c2*1-13(2,3)18-12(15)10-11-4-6-14(7-5-11)16-8-9-17-14;1-12(2,3)16-11(14)8-9-4-5-10(13)15-7-6-9;1-12(2,3)15-11(14)8-9-4-6-10(13)7-5-9;9-7-1-3-8(4-2-7)10-5-6-11-8;1-5-6(8)9-7(2,3)4/h11H,4-10H2,1-3H3;10H,4-9H2,1-3H3;9H,4-8H2,1-3H3;9H,4-8H2,1-3H3;1-6H2;5H,1H2,2-4H3. The molecule has 4 saturated heterocycles. The molecule has 0 aromatic heterocycles. The van der Waals surface area contributed by atoms with Crippen molar-refractivity contribution in [3.05, 3.63) is 24.3 Å². The molecule has 0 aromatic carbocycles. The van der Waals surface area contributed by atoms with Crippen LogP contribution in [0.3, 0.4) is 0 Å². The highest BCUT2D eigenvalue weighted by Gasteiger charge is 2.42. The zero-order chi connectivity index (χ0) is 65.3. The van der Waals surface area contributed by atoms with Gasteiger partial charge >= 0.3 is 35.8 Å². The van der Waals surface area contributed by atoms with Crippen LogP contribution in [0.1, 0.15) is 245 Å². The molecular formula is C67H110O20. The number of ether oxygens (including phenoxy) is 12. The van der Waals surface area contributed by atoms with Crippen LogP contribution >= 0.6 is 0 Å². The van der Waals surface area contributed by atoms with Crippen molar-refractivity contribution in [1.29, 1.82) is 0 Å². The molecule has 8 rings (SSSR count). The molecule has 8 aliphatic rings. The molecule has 498 valence electrons. The Morgan fingerprint density at radius 3 is 1.07 bits per heavy atom. The van der Waals surface area contributed by atoms with Gasteiger partial charge in [-0.1, -0.05) is 12.2 Å². The van der Waals surface area contributed by atoms with Gasteiger partial charge < -0.3 is 56.8 Å². The highest BCUT2D eigenvalue weighted by molar-refractivity contribution is 5.83. The Kier molecular flexibility index (Phi) is 30.9. The van der Waals surface area contributed by atoms with Gasteiger partial charge in [0, 0.05) is 102 Å². The van der Waals surface area contributed by atoms with E-state index < -0.39 is 22.4 Å². The lowest BCUT2D eigenvalue weighted by atomic mass is 9.83. The fraction of sp³-hybridized carbons (Fsp3) is 0.821. The number of Topliss-reactive ketones (excluding diaryl/α,β-unsaturated/α-hetero) is 2. The number of esters is 6. The predicted molar refractivity (Wildman–Crippen MR) is 324 cm³/mol. The van der Waals surface area contributed by atoms with Gasteiger partial charge in [0.15, 0.2) is 17.4 Å². The Morgan fingerprint density at radius 2 is 0.713 bits per heavy atom. The summed E-state index contributed by atoms with van der Waals surface area (Å²) in [6.45, 7) is 35.8. The summed E-state index contributed by atoms with van der Waals surface area (Å²) in [6, 6.07) is 0. The van der Waals surface area contributed by atoms with Crippen LogP contribution in [-0.4, -0.2) is 139 Å². The van der Waals surface area contributed by atoms with E-state index in [1.54, 1.807) is 6.08 Å². The van der Waals surface area contributed by atoms with Gasteiger partial charge in [0.05, 0.1) is 46.2 Å². The molecule has 0 aromatic rings. The minimum atomic E-state index is -0.436. The second-order valence-corrected chi connectivity index (χ2v) is 28.6. The summed E-state index contributed by atoms with van der Waals surface area (Å²) in [5, 5.41) is 0. The van der Waals surface area contributed by atoms with Crippen molar-refractivity contribution in [1.82, 2.24) is 0 Å². The third-order valence-electron chi connectivity index (χ3n) is 14.7. The monoisotopic (exact) mass is 1230 g/mol. The minimum absolute atomic E-state index is 0.0864. The number of carbonyl (C=O) groups excluding carboxylic acids is 8. The smallest absolute Gasteiger partial charge is 0.331 e. The van der Waals surface area contributed by atoms with Crippen molar-refractivity contribution in [2.75, 3.05) is 46.2 Å². The molecule has 20 nitrogen and oxygen atoms in total. The highest BCUT2D eigenvalue weighted by Crippen LogP contribution is 2.41. The Balaban J connectivity index is 0.000000277. The molecule has 0 N–H and O–H groups in total. The number of carbonyl (C=O) groups is 8. The molecule has 8 fully saturated rings. The lowest BCUT2D eigenvalue weighted by molar-refractivity contribution is -0.185. The molecule has 4 aliphatic heterocycles. The maximum atomic E-state index is 11.8. The van der Waals surface area contributed by atoms with Crippen LogP contribution in [-0.2, 0) is 95.2 Å². The predicted octanol–water partition coefficient (Wildman–Crippen LogP) is 12.1. The molecule has 1 unspecified atom stereocenters. The normalized spacial score (nSPS) is 22.7. The maximum Gasteiger partial charge on any atom is 0.331 e. The summed E-state index contributed by atoms with van der Waals surface area (Å²) in [5.41, 5.74) is -0.915. The van der Waals surface area contributed by atoms with Crippen molar-refractivity contribution in [3.63, 3.8) is 0 Å². The Hall–Kier alpha value is -4.60. The van der Waals surface area contributed by atoms with Gasteiger partial charge in [-0.3, -0.25) is 28.8 Å². The van der Waals surface area contributed by atoms with Gasteiger partial charge in [0.2, 0.25) is 0 Å². The van der Waals surface area contributed by atoms with Gasteiger partial charge in [-0.25, -0.2) is 9.59 Å². The highest BCUT2D eigenvalue weighted by atomic mass is 16.7. The first-order chi connectivity index (χ1) is 40.3. The number of ketones is 2. The number of hydrogen-bond acceptors (Lipinski definition) is 20. The van der Waals surface area contributed by atoms with E-state index in [4.69, 9.17) is 56.8 Å².